The highest BCUT2D eigenvalue weighted by Crippen LogP contribution is 2.43. The second kappa shape index (κ2) is 2.81. The topological polar surface area (TPSA) is 0 Å². The summed E-state index contributed by atoms with van der Waals surface area (Å²) in [5, 5.41) is 0. The van der Waals surface area contributed by atoms with Gasteiger partial charge < -0.3 is 0 Å². The Kier molecular flexibility index (Phi) is 2.30. The van der Waals surface area contributed by atoms with Gasteiger partial charge >= 0.3 is 0 Å². The van der Waals surface area contributed by atoms with Crippen LogP contribution in [0.1, 0.15) is 20.3 Å². The van der Waals surface area contributed by atoms with Crippen LogP contribution in [0.4, 0.5) is 0 Å². The molecule has 1 atom stereocenters. The maximum absolute atomic E-state index is 2.34. The van der Waals surface area contributed by atoms with E-state index in [-0.39, 0.29) is 0 Å². The van der Waals surface area contributed by atoms with Crippen molar-refractivity contribution < 1.29 is 0 Å². The van der Waals surface area contributed by atoms with Gasteiger partial charge in [0.05, 0.1) is 0 Å². The van der Waals surface area contributed by atoms with E-state index in [4.69, 9.17) is 0 Å². The maximum atomic E-state index is 2.34. The van der Waals surface area contributed by atoms with Crippen molar-refractivity contribution in [1.29, 1.82) is 0 Å². The van der Waals surface area contributed by atoms with Gasteiger partial charge in [-0.05, 0) is 12.2 Å². The Hall–Kier alpha value is 0.415. The molecule has 0 bridgehead atoms. The summed E-state index contributed by atoms with van der Waals surface area (Å²) in [6, 6.07) is 0. The summed E-state index contributed by atoms with van der Waals surface area (Å²) in [6.45, 7) is 4.59. The molecule has 1 aliphatic heterocycles. The minimum Gasteiger partial charge on any atom is -0.210 e. The molecule has 0 aliphatic carbocycles. The van der Waals surface area contributed by atoms with E-state index < -0.39 is 0 Å². The Morgan fingerprint density at radius 2 is 2.38 bits per heavy atom. The lowest BCUT2D eigenvalue weighted by atomic mass is 10.0. The number of rotatable bonds is 3. The van der Waals surface area contributed by atoms with Crippen LogP contribution in [0.2, 0.25) is 12.1 Å². The van der Waals surface area contributed by atoms with Gasteiger partial charge in [0, 0.05) is 0 Å². The molecule has 1 aliphatic rings. The molecule has 1 saturated heterocycles. The summed E-state index contributed by atoms with van der Waals surface area (Å²) in [5.74, 6) is 3.44. The Balaban J connectivity index is 1.89. The van der Waals surface area contributed by atoms with Crippen LogP contribution in [0.3, 0.4) is 0 Å². The average Bonchev–Trinajstić information content (AvgIpc) is 2.42. The van der Waals surface area contributed by atoms with Crippen LogP contribution in [0, 0.1) is 0 Å². The smallest absolute Gasteiger partial charge is 0.210 e. The van der Waals surface area contributed by atoms with Gasteiger partial charge in [-0.15, -0.1) is 0 Å². The molecule has 8 heavy (non-hydrogen) atoms. The third kappa shape index (κ3) is 1.73. The van der Waals surface area contributed by atoms with E-state index in [1.54, 1.807) is 0 Å². The first-order valence-corrected chi connectivity index (χ1v) is 4.51. The zero-order valence-corrected chi connectivity index (χ0v) is 6.50. The summed E-state index contributed by atoms with van der Waals surface area (Å²) >= 11 is 2.15. The van der Waals surface area contributed by atoms with E-state index in [9.17, 15) is 0 Å². The first-order chi connectivity index (χ1) is 3.84. The molecule has 46 valence electrons. The van der Waals surface area contributed by atoms with E-state index in [0.29, 0.717) is 0 Å². The van der Waals surface area contributed by atoms with Gasteiger partial charge in [-0.2, -0.15) is 0 Å². The first-order valence-electron chi connectivity index (χ1n) is 3.46. The maximum Gasteiger partial charge on any atom is 0.211 e. The lowest BCUT2D eigenvalue weighted by Crippen LogP contribution is -1.83. The fourth-order valence-electron chi connectivity index (χ4n) is 0.789. The summed E-state index contributed by atoms with van der Waals surface area (Å²) < 4.78 is 0. The largest absolute Gasteiger partial charge is 0.211 e. The summed E-state index contributed by atoms with van der Waals surface area (Å²) in [4.78, 5) is 0. The van der Waals surface area contributed by atoms with Crippen molar-refractivity contribution in [2.24, 2.45) is 0 Å². The van der Waals surface area contributed by atoms with Gasteiger partial charge in [0.15, 0.2) is 0 Å². The molecule has 1 unspecified atom stereocenters. The minimum absolute atomic E-state index is 1.03. The monoisotopic (exact) mass is 128 g/mol. The molecule has 1 fully saturated rings. The zero-order chi connectivity index (χ0) is 5.98. The van der Waals surface area contributed by atoms with Crippen LogP contribution in [0.25, 0.3) is 0 Å². The second-order valence-corrected chi connectivity index (χ2v) is 3.97. The quantitative estimate of drug-likeness (QED) is 0.526. The van der Waals surface area contributed by atoms with Gasteiger partial charge in [-0.25, -0.2) is 11.6 Å². The summed E-state index contributed by atoms with van der Waals surface area (Å²) in [5.41, 5.74) is 0. The average molecular weight is 128 g/mol. The molecule has 0 nitrogen and oxygen atoms in total. The summed E-state index contributed by atoms with van der Waals surface area (Å²) in [6.07, 6.45) is 2.82. The normalized spacial score (nSPS) is 26.2. The van der Waals surface area contributed by atoms with Crippen molar-refractivity contribution in [3.8, 4) is 0 Å². The van der Waals surface area contributed by atoms with Crippen molar-refractivity contribution in [2.45, 2.75) is 32.4 Å². The minimum atomic E-state index is 1.03. The van der Waals surface area contributed by atoms with E-state index in [2.05, 4.69) is 25.5 Å². The van der Waals surface area contributed by atoms with E-state index >= 15 is 0 Å². The highest BCUT2D eigenvalue weighted by molar-refractivity contribution is 8.26. The highest BCUT2D eigenvalue weighted by Gasteiger charge is 2.36. The van der Waals surface area contributed by atoms with Crippen LogP contribution in [0.15, 0.2) is 0 Å². The Bertz CT molecular complexity index is 74.9. The highest BCUT2D eigenvalue weighted by atomic mass is 32.2. The Morgan fingerprint density at radius 1 is 1.75 bits per heavy atom. The molecule has 0 aromatic carbocycles. The molecule has 0 amide bonds. The van der Waals surface area contributed by atoms with Crippen LogP contribution < -0.4 is 0 Å². The van der Waals surface area contributed by atoms with Crippen molar-refractivity contribution in [3.05, 3.63) is 0 Å². The Labute approximate surface area is 56.4 Å². The fraction of sp³-hybridized carbons (Fsp3) is 1.00. The van der Waals surface area contributed by atoms with Gasteiger partial charge in [-0.1, -0.05) is 26.0 Å². The summed E-state index contributed by atoms with van der Waals surface area (Å²) in [7, 11) is 0. The van der Waals surface area contributed by atoms with Crippen molar-refractivity contribution in [2.75, 3.05) is 5.75 Å². The first kappa shape index (κ1) is 6.53. The van der Waals surface area contributed by atoms with Crippen LogP contribution >= 0.6 is 11.6 Å². The SMILES string of the molecule is CCCSB1CC1C. The predicted octanol–water partition coefficient (Wildman–Crippen LogP) is 2.52. The number of hydrogen-bond acceptors (Lipinski definition) is 1. The van der Waals surface area contributed by atoms with E-state index in [1.165, 1.54) is 18.5 Å². The zero-order valence-electron chi connectivity index (χ0n) is 5.68. The predicted molar refractivity (Wildman–Crippen MR) is 42.7 cm³/mol. The molecular formula is C6H13BS. The lowest BCUT2D eigenvalue weighted by Gasteiger charge is -1.89. The molecule has 0 spiro atoms. The van der Waals surface area contributed by atoms with Crippen LogP contribution in [0.5, 0.6) is 0 Å². The molecule has 0 radical (unpaired) electrons. The molecule has 0 aromatic heterocycles. The van der Waals surface area contributed by atoms with Crippen LogP contribution in [-0.2, 0) is 0 Å². The van der Waals surface area contributed by atoms with Crippen LogP contribution in [-0.4, -0.2) is 11.7 Å². The standard InChI is InChI=1S/C6H13BS/c1-3-4-8-7-5-6(7)2/h6H,3-5H2,1-2H3. The van der Waals surface area contributed by atoms with Gasteiger partial charge in [0.1, 0.15) is 0 Å². The van der Waals surface area contributed by atoms with Crippen molar-refractivity contribution in [3.63, 3.8) is 0 Å². The lowest BCUT2D eigenvalue weighted by molar-refractivity contribution is 1.11. The third-order valence-corrected chi connectivity index (χ3v) is 3.30. The molecule has 0 N–H and O–H groups in total. The third-order valence-electron chi connectivity index (χ3n) is 1.57. The van der Waals surface area contributed by atoms with E-state index in [0.717, 1.165) is 11.8 Å². The molecular weight excluding hydrogens is 115 g/mol. The molecule has 0 aromatic rings. The van der Waals surface area contributed by atoms with Crippen molar-refractivity contribution in [1.82, 2.24) is 0 Å². The van der Waals surface area contributed by atoms with Gasteiger partial charge in [0.2, 0.25) is 5.99 Å². The number of hydrogen-bond donors (Lipinski definition) is 0. The fourth-order valence-corrected chi connectivity index (χ4v) is 2.10. The Morgan fingerprint density at radius 3 is 2.75 bits per heavy atom. The molecule has 0 saturated carbocycles. The molecule has 2 heteroatoms. The van der Waals surface area contributed by atoms with Gasteiger partial charge in [-0.3, -0.25) is 0 Å². The second-order valence-electron chi connectivity index (χ2n) is 2.62. The molecule has 1 rings (SSSR count). The van der Waals surface area contributed by atoms with Gasteiger partial charge in [0.25, 0.3) is 0 Å². The van der Waals surface area contributed by atoms with E-state index in [1.807, 2.05) is 0 Å². The van der Waals surface area contributed by atoms with Crippen molar-refractivity contribution >= 4 is 17.6 Å². The molecule has 1 heterocycles.